The van der Waals surface area contributed by atoms with Gasteiger partial charge in [0.1, 0.15) is 5.75 Å². The van der Waals surface area contributed by atoms with Crippen molar-refractivity contribution in [3.8, 4) is 5.75 Å². The molecule has 0 radical (unpaired) electrons. The van der Waals surface area contributed by atoms with Crippen LogP contribution in [0.1, 0.15) is 24.0 Å². The number of likely N-dealkylation sites (tertiary alicyclic amines) is 1. The molecule has 0 atom stereocenters. The zero-order valence-electron chi connectivity index (χ0n) is 20.5. The molecular weight excluding hydrogens is 454 g/mol. The van der Waals surface area contributed by atoms with Crippen LogP contribution >= 0.6 is 0 Å². The molecule has 8 nitrogen and oxygen atoms in total. The van der Waals surface area contributed by atoms with E-state index in [4.69, 9.17) is 9.72 Å². The summed E-state index contributed by atoms with van der Waals surface area (Å²) < 4.78 is 7.42. The van der Waals surface area contributed by atoms with E-state index in [0.717, 1.165) is 67.2 Å². The fourth-order valence-electron chi connectivity index (χ4n) is 4.81. The Kier molecular flexibility index (Phi) is 7.13. The molecular formula is C28H31N5O3. The third-order valence-electron chi connectivity index (χ3n) is 6.94. The standard InChI is InChI=1S/C28H31N5O3/c1-36-25-12-8-21(9-13-25)14-17-31-18-15-23(16-19-31)29-28-30-26-4-2-3-5-27(26)32(28)20-22-6-10-24(11-7-22)33(34)35/h2-13,23H,14-20H2,1H3,(H,29,30). The summed E-state index contributed by atoms with van der Waals surface area (Å²) in [6, 6.07) is 23.5. The van der Waals surface area contributed by atoms with Crippen LogP contribution in [0.25, 0.3) is 11.0 Å². The molecule has 0 aliphatic carbocycles. The Morgan fingerprint density at radius 2 is 1.69 bits per heavy atom. The van der Waals surface area contributed by atoms with E-state index in [9.17, 15) is 10.1 Å². The van der Waals surface area contributed by atoms with Gasteiger partial charge in [-0.15, -0.1) is 0 Å². The fraction of sp³-hybridized carbons (Fsp3) is 0.321. The maximum atomic E-state index is 11.0. The van der Waals surface area contributed by atoms with Crippen molar-refractivity contribution in [3.05, 3.63) is 94.0 Å². The van der Waals surface area contributed by atoms with Crippen molar-refractivity contribution in [2.45, 2.75) is 31.8 Å². The molecule has 3 aromatic carbocycles. The third kappa shape index (κ3) is 5.49. The van der Waals surface area contributed by atoms with E-state index in [-0.39, 0.29) is 10.6 Å². The lowest BCUT2D eigenvalue weighted by Gasteiger charge is -2.32. The molecule has 1 N–H and O–H groups in total. The van der Waals surface area contributed by atoms with Gasteiger partial charge in [0, 0.05) is 37.8 Å². The fourth-order valence-corrected chi connectivity index (χ4v) is 4.81. The van der Waals surface area contributed by atoms with Gasteiger partial charge in [-0.05, 0) is 54.7 Å². The number of hydrogen-bond acceptors (Lipinski definition) is 6. The Bertz CT molecular complexity index is 1310. The highest BCUT2D eigenvalue weighted by Crippen LogP contribution is 2.24. The summed E-state index contributed by atoms with van der Waals surface area (Å²) in [6.07, 6.45) is 3.15. The van der Waals surface area contributed by atoms with Crippen LogP contribution in [0.3, 0.4) is 0 Å². The van der Waals surface area contributed by atoms with Gasteiger partial charge in [-0.25, -0.2) is 4.98 Å². The van der Waals surface area contributed by atoms with Crippen molar-refractivity contribution in [1.29, 1.82) is 0 Å². The number of nitro groups is 1. The minimum Gasteiger partial charge on any atom is -0.497 e. The number of benzene rings is 3. The van der Waals surface area contributed by atoms with Crippen molar-refractivity contribution in [2.24, 2.45) is 0 Å². The molecule has 1 aromatic heterocycles. The van der Waals surface area contributed by atoms with E-state index in [1.165, 1.54) is 5.56 Å². The summed E-state index contributed by atoms with van der Waals surface area (Å²) in [5, 5.41) is 14.7. The topological polar surface area (TPSA) is 85.5 Å². The number of hydrogen-bond donors (Lipinski definition) is 1. The van der Waals surface area contributed by atoms with Gasteiger partial charge in [-0.2, -0.15) is 0 Å². The van der Waals surface area contributed by atoms with Gasteiger partial charge in [0.2, 0.25) is 5.95 Å². The van der Waals surface area contributed by atoms with Gasteiger partial charge < -0.3 is 19.5 Å². The zero-order valence-corrected chi connectivity index (χ0v) is 20.5. The molecule has 2 heterocycles. The van der Waals surface area contributed by atoms with Gasteiger partial charge >= 0.3 is 0 Å². The SMILES string of the molecule is COc1ccc(CCN2CCC(Nc3nc4ccccc4n3Cc3ccc([N+](=O)[O-])cc3)CC2)cc1. The number of fused-ring (bicyclic) bond motifs is 1. The predicted molar refractivity (Wildman–Crippen MR) is 142 cm³/mol. The van der Waals surface area contributed by atoms with Crippen LogP contribution in [0.2, 0.25) is 0 Å². The van der Waals surface area contributed by atoms with E-state index in [0.29, 0.717) is 12.6 Å². The largest absolute Gasteiger partial charge is 0.497 e. The van der Waals surface area contributed by atoms with Gasteiger partial charge in [0.25, 0.3) is 5.69 Å². The summed E-state index contributed by atoms with van der Waals surface area (Å²) in [5.74, 6) is 1.75. The minimum absolute atomic E-state index is 0.103. The number of para-hydroxylation sites is 2. The number of nitro benzene ring substituents is 1. The molecule has 1 fully saturated rings. The highest BCUT2D eigenvalue weighted by atomic mass is 16.6. The van der Waals surface area contributed by atoms with Crippen LogP contribution in [0.4, 0.5) is 11.6 Å². The van der Waals surface area contributed by atoms with Crippen LogP contribution in [0, 0.1) is 10.1 Å². The number of nitrogens with zero attached hydrogens (tertiary/aromatic N) is 4. The molecule has 1 aliphatic rings. The van der Waals surface area contributed by atoms with E-state index >= 15 is 0 Å². The third-order valence-corrected chi connectivity index (χ3v) is 6.94. The number of anilines is 1. The number of ether oxygens (including phenoxy) is 1. The maximum absolute atomic E-state index is 11.0. The summed E-state index contributed by atoms with van der Waals surface area (Å²) in [4.78, 5) is 18.1. The molecule has 186 valence electrons. The van der Waals surface area contributed by atoms with E-state index in [1.807, 2.05) is 42.5 Å². The quantitative estimate of drug-likeness (QED) is 0.262. The second-order valence-corrected chi connectivity index (χ2v) is 9.29. The van der Waals surface area contributed by atoms with Gasteiger partial charge in [-0.1, -0.05) is 36.4 Å². The van der Waals surface area contributed by atoms with Crippen LogP contribution in [-0.2, 0) is 13.0 Å². The summed E-state index contributed by atoms with van der Waals surface area (Å²) >= 11 is 0. The average Bonchev–Trinajstić information content (AvgIpc) is 3.25. The van der Waals surface area contributed by atoms with E-state index in [2.05, 4.69) is 33.0 Å². The predicted octanol–water partition coefficient (Wildman–Crippen LogP) is 5.12. The van der Waals surface area contributed by atoms with Crippen molar-refractivity contribution >= 4 is 22.7 Å². The molecule has 0 spiro atoms. The lowest BCUT2D eigenvalue weighted by Crippen LogP contribution is -2.40. The highest BCUT2D eigenvalue weighted by molar-refractivity contribution is 5.78. The Balaban J connectivity index is 1.22. The van der Waals surface area contributed by atoms with E-state index in [1.54, 1.807) is 19.2 Å². The minimum atomic E-state index is -0.368. The Morgan fingerprint density at radius 3 is 2.39 bits per heavy atom. The number of piperidine rings is 1. The zero-order chi connectivity index (χ0) is 24.9. The second kappa shape index (κ2) is 10.8. The highest BCUT2D eigenvalue weighted by Gasteiger charge is 2.21. The summed E-state index contributed by atoms with van der Waals surface area (Å²) in [7, 11) is 1.69. The van der Waals surface area contributed by atoms with Crippen LogP contribution < -0.4 is 10.1 Å². The number of imidazole rings is 1. The molecule has 1 aliphatic heterocycles. The van der Waals surface area contributed by atoms with Crippen molar-refractivity contribution < 1.29 is 9.66 Å². The molecule has 0 amide bonds. The average molecular weight is 486 g/mol. The Morgan fingerprint density at radius 1 is 1.00 bits per heavy atom. The van der Waals surface area contributed by atoms with Gasteiger partial charge in [0.15, 0.2) is 0 Å². The second-order valence-electron chi connectivity index (χ2n) is 9.29. The summed E-state index contributed by atoms with van der Waals surface area (Å²) in [6.45, 7) is 3.76. The normalized spacial score (nSPS) is 14.7. The number of methoxy groups -OCH3 is 1. The first-order valence-corrected chi connectivity index (χ1v) is 12.4. The lowest BCUT2D eigenvalue weighted by atomic mass is 10.0. The van der Waals surface area contributed by atoms with E-state index < -0.39 is 0 Å². The van der Waals surface area contributed by atoms with Crippen LogP contribution in [0.15, 0.2) is 72.8 Å². The monoisotopic (exact) mass is 485 g/mol. The first kappa shape index (κ1) is 23.8. The molecule has 4 aromatic rings. The molecule has 8 heteroatoms. The molecule has 0 unspecified atom stereocenters. The van der Waals surface area contributed by atoms with Crippen LogP contribution in [-0.4, -0.2) is 52.2 Å². The smallest absolute Gasteiger partial charge is 0.269 e. The first-order chi connectivity index (χ1) is 17.6. The molecule has 5 rings (SSSR count). The van der Waals surface area contributed by atoms with Gasteiger partial charge in [0.05, 0.1) is 29.6 Å². The lowest BCUT2D eigenvalue weighted by molar-refractivity contribution is -0.384. The number of nitrogens with one attached hydrogen (secondary N) is 1. The first-order valence-electron chi connectivity index (χ1n) is 12.4. The Hall–Kier alpha value is -3.91. The van der Waals surface area contributed by atoms with Gasteiger partial charge in [-0.3, -0.25) is 10.1 Å². The maximum Gasteiger partial charge on any atom is 0.269 e. The van der Waals surface area contributed by atoms with Crippen LogP contribution in [0.5, 0.6) is 5.75 Å². The van der Waals surface area contributed by atoms with Crippen molar-refractivity contribution in [1.82, 2.24) is 14.5 Å². The molecule has 0 bridgehead atoms. The van der Waals surface area contributed by atoms with Crippen molar-refractivity contribution in [2.75, 3.05) is 32.1 Å². The van der Waals surface area contributed by atoms with Crippen molar-refractivity contribution in [3.63, 3.8) is 0 Å². The molecule has 0 saturated carbocycles. The summed E-state index contributed by atoms with van der Waals surface area (Å²) in [5.41, 5.74) is 4.43. The number of non-ortho nitro benzene ring substituents is 1. The Labute approximate surface area is 210 Å². The molecule has 1 saturated heterocycles. The number of aromatic nitrogens is 2. The number of rotatable bonds is 9. The molecule has 36 heavy (non-hydrogen) atoms.